The fourth-order valence-corrected chi connectivity index (χ4v) is 4.76. The molecular formula is C25H36O3S. The molecule has 2 rings (SSSR count). The SMILES string of the molecule is CCCCCCCCCCCCOS(=O)(=O)c1cc(C)ccc1-c1ccccc1. The quantitative estimate of drug-likeness (QED) is 0.240. The molecule has 160 valence electrons. The molecule has 0 amide bonds. The van der Waals surface area contributed by atoms with Crippen LogP contribution >= 0.6 is 0 Å². The first-order valence-corrected chi connectivity index (χ1v) is 12.5. The Kier molecular flexibility index (Phi) is 10.4. The van der Waals surface area contributed by atoms with Gasteiger partial charge in [0, 0.05) is 5.56 Å². The van der Waals surface area contributed by atoms with Crippen LogP contribution < -0.4 is 0 Å². The molecule has 29 heavy (non-hydrogen) atoms. The highest BCUT2D eigenvalue weighted by atomic mass is 32.2. The molecule has 0 heterocycles. The monoisotopic (exact) mass is 416 g/mol. The van der Waals surface area contributed by atoms with Crippen molar-refractivity contribution in [3.8, 4) is 11.1 Å². The van der Waals surface area contributed by atoms with Crippen LogP contribution in [0.4, 0.5) is 0 Å². The van der Waals surface area contributed by atoms with Gasteiger partial charge in [0.15, 0.2) is 0 Å². The van der Waals surface area contributed by atoms with Gasteiger partial charge in [-0.1, -0.05) is 107 Å². The van der Waals surface area contributed by atoms with Gasteiger partial charge in [-0.15, -0.1) is 0 Å². The number of unbranched alkanes of at least 4 members (excludes halogenated alkanes) is 9. The second kappa shape index (κ2) is 12.8. The Morgan fingerprint density at radius 1 is 0.759 bits per heavy atom. The Labute approximate surface area is 177 Å². The first-order valence-electron chi connectivity index (χ1n) is 11.1. The van der Waals surface area contributed by atoms with E-state index in [9.17, 15) is 8.42 Å². The maximum atomic E-state index is 12.8. The zero-order valence-electron chi connectivity index (χ0n) is 18.0. The number of aryl methyl sites for hydroxylation is 1. The van der Waals surface area contributed by atoms with E-state index in [-0.39, 0.29) is 11.5 Å². The summed E-state index contributed by atoms with van der Waals surface area (Å²) >= 11 is 0. The molecule has 0 spiro atoms. The second-order valence-electron chi connectivity index (χ2n) is 7.82. The minimum Gasteiger partial charge on any atom is -0.266 e. The van der Waals surface area contributed by atoms with Crippen molar-refractivity contribution in [3.05, 3.63) is 54.1 Å². The minimum absolute atomic E-state index is 0.251. The Morgan fingerprint density at radius 2 is 1.34 bits per heavy atom. The van der Waals surface area contributed by atoms with Crippen LogP contribution in [0, 0.1) is 6.92 Å². The fourth-order valence-electron chi connectivity index (χ4n) is 3.51. The van der Waals surface area contributed by atoms with E-state index in [0.29, 0.717) is 5.56 Å². The molecule has 0 aliphatic carbocycles. The summed E-state index contributed by atoms with van der Waals surface area (Å²) in [5, 5.41) is 0. The van der Waals surface area contributed by atoms with Gasteiger partial charge in [0.1, 0.15) is 4.90 Å². The van der Waals surface area contributed by atoms with Crippen LogP contribution in [0.2, 0.25) is 0 Å². The van der Waals surface area contributed by atoms with Crippen LogP contribution in [-0.2, 0) is 14.3 Å². The number of hydrogen-bond donors (Lipinski definition) is 0. The van der Waals surface area contributed by atoms with Gasteiger partial charge in [-0.05, 0) is 30.5 Å². The molecule has 0 radical (unpaired) electrons. The highest BCUT2D eigenvalue weighted by molar-refractivity contribution is 7.87. The molecule has 0 aliphatic rings. The summed E-state index contributed by atoms with van der Waals surface area (Å²) in [6, 6.07) is 15.1. The first kappa shape index (κ1) is 23.6. The largest absolute Gasteiger partial charge is 0.297 e. The van der Waals surface area contributed by atoms with Crippen molar-refractivity contribution in [3.63, 3.8) is 0 Å². The van der Waals surface area contributed by atoms with Crippen LogP contribution in [0.25, 0.3) is 11.1 Å². The van der Waals surface area contributed by atoms with Crippen LogP contribution in [0.1, 0.15) is 76.7 Å². The van der Waals surface area contributed by atoms with E-state index >= 15 is 0 Å². The predicted octanol–water partition coefficient (Wildman–Crippen LogP) is 7.29. The van der Waals surface area contributed by atoms with E-state index < -0.39 is 10.1 Å². The normalized spacial score (nSPS) is 11.7. The smallest absolute Gasteiger partial charge is 0.266 e. The number of benzene rings is 2. The molecule has 0 bridgehead atoms. The van der Waals surface area contributed by atoms with Crippen LogP contribution in [0.5, 0.6) is 0 Å². The van der Waals surface area contributed by atoms with Crippen molar-refractivity contribution >= 4 is 10.1 Å². The van der Waals surface area contributed by atoms with Gasteiger partial charge >= 0.3 is 0 Å². The van der Waals surface area contributed by atoms with Crippen LogP contribution in [-0.4, -0.2) is 15.0 Å². The molecule has 2 aromatic carbocycles. The Balaban J connectivity index is 1.79. The van der Waals surface area contributed by atoms with Gasteiger partial charge in [-0.25, -0.2) is 0 Å². The average Bonchev–Trinajstić information content (AvgIpc) is 2.72. The van der Waals surface area contributed by atoms with Crippen molar-refractivity contribution in [2.45, 2.75) is 83.0 Å². The summed E-state index contributed by atoms with van der Waals surface area (Å²) in [5.41, 5.74) is 2.48. The number of rotatable bonds is 14. The van der Waals surface area contributed by atoms with Gasteiger partial charge in [0.05, 0.1) is 6.61 Å². The van der Waals surface area contributed by atoms with Crippen molar-refractivity contribution < 1.29 is 12.6 Å². The highest BCUT2D eigenvalue weighted by Gasteiger charge is 2.20. The minimum atomic E-state index is -3.77. The third-order valence-electron chi connectivity index (χ3n) is 5.23. The van der Waals surface area contributed by atoms with E-state index in [2.05, 4.69) is 6.92 Å². The van der Waals surface area contributed by atoms with E-state index in [4.69, 9.17) is 4.18 Å². The first-order chi connectivity index (χ1) is 14.0. The lowest BCUT2D eigenvalue weighted by Crippen LogP contribution is -2.09. The Bertz CT molecular complexity index is 813. The average molecular weight is 417 g/mol. The molecule has 0 aliphatic heterocycles. The van der Waals surface area contributed by atoms with Crippen molar-refractivity contribution in [1.82, 2.24) is 0 Å². The molecule has 4 heteroatoms. The van der Waals surface area contributed by atoms with E-state index in [1.165, 1.54) is 44.9 Å². The van der Waals surface area contributed by atoms with Crippen LogP contribution in [0.15, 0.2) is 53.4 Å². The van der Waals surface area contributed by atoms with Crippen LogP contribution in [0.3, 0.4) is 0 Å². The summed E-state index contributed by atoms with van der Waals surface area (Å²) in [6.07, 6.45) is 12.1. The summed E-state index contributed by atoms with van der Waals surface area (Å²) in [4.78, 5) is 0.260. The maximum Gasteiger partial charge on any atom is 0.297 e. The molecule has 0 aromatic heterocycles. The van der Waals surface area contributed by atoms with Gasteiger partial charge in [-0.2, -0.15) is 8.42 Å². The predicted molar refractivity (Wildman–Crippen MR) is 122 cm³/mol. The highest BCUT2D eigenvalue weighted by Crippen LogP contribution is 2.29. The molecule has 3 nitrogen and oxygen atoms in total. The summed E-state index contributed by atoms with van der Waals surface area (Å²) in [5.74, 6) is 0. The third-order valence-corrected chi connectivity index (χ3v) is 6.58. The molecule has 0 fully saturated rings. The molecule has 0 N–H and O–H groups in total. The fraction of sp³-hybridized carbons (Fsp3) is 0.520. The van der Waals surface area contributed by atoms with E-state index in [0.717, 1.165) is 30.4 Å². The Morgan fingerprint density at radius 3 is 1.97 bits per heavy atom. The van der Waals surface area contributed by atoms with Gasteiger partial charge in [0.2, 0.25) is 0 Å². The molecule has 2 aromatic rings. The lowest BCUT2D eigenvalue weighted by molar-refractivity contribution is 0.306. The second-order valence-corrected chi connectivity index (χ2v) is 9.41. The topological polar surface area (TPSA) is 43.4 Å². The zero-order chi connectivity index (χ0) is 21.0. The summed E-state index contributed by atoms with van der Waals surface area (Å²) in [6.45, 7) is 4.39. The van der Waals surface area contributed by atoms with E-state index in [1.807, 2.05) is 49.4 Å². The third kappa shape index (κ3) is 8.31. The standard InChI is InChI=1S/C25H36O3S/c1-3-4-5-6-7-8-9-10-11-15-20-28-29(26,27)25-21-22(2)18-19-24(25)23-16-13-12-14-17-23/h12-14,16-19,21H,3-11,15,20H2,1-2H3. The van der Waals surface area contributed by atoms with Crippen molar-refractivity contribution in [2.75, 3.05) is 6.61 Å². The zero-order valence-corrected chi connectivity index (χ0v) is 18.8. The molecule has 0 saturated heterocycles. The van der Waals surface area contributed by atoms with Gasteiger partial charge < -0.3 is 0 Å². The molecule has 0 unspecified atom stereocenters. The molecule has 0 saturated carbocycles. The number of hydrogen-bond acceptors (Lipinski definition) is 3. The maximum absolute atomic E-state index is 12.8. The molecular weight excluding hydrogens is 380 g/mol. The van der Waals surface area contributed by atoms with Crippen molar-refractivity contribution in [1.29, 1.82) is 0 Å². The lowest BCUT2D eigenvalue weighted by Gasteiger charge is -2.12. The van der Waals surface area contributed by atoms with Crippen molar-refractivity contribution in [2.24, 2.45) is 0 Å². The molecule has 0 atom stereocenters. The van der Waals surface area contributed by atoms with Gasteiger partial charge in [-0.3, -0.25) is 4.18 Å². The lowest BCUT2D eigenvalue weighted by atomic mass is 10.0. The Hall–Kier alpha value is -1.65. The summed E-state index contributed by atoms with van der Waals surface area (Å²) in [7, 11) is -3.77. The van der Waals surface area contributed by atoms with Gasteiger partial charge in [0.25, 0.3) is 10.1 Å². The van der Waals surface area contributed by atoms with E-state index in [1.54, 1.807) is 6.07 Å². The summed E-state index contributed by atoms with van der Waals surface area (Å²) < 4.78 is 31.0.